The molecule has 2 N–H and O–H groups in total. The van der Waals surface area contributed by atoms with Gasteiger partial charge >= 0.3 is 18.4 Å². The van der Waals surface area contributed by atoms with Crippen LogP contribution in [0.15, 0.2) is 183 Å². The van der Waals surface area contributed by atoms with Gasteiger partial charge in [-0.1, -0.05) is 280 Å². The van der Waals surface area contributed by atoms with Crippen molar-refractivity contribution in [2.75, 3.05) is 39.6 Å². The molecule has 0 spiro atoms. The maximum absolute atomic E-state index is 14.6. The average Bonchev–Trinajstić information content (AvgIpc) is 1.67. The zero-order chi connectivity index (χ0) is 81.3. The first kappa shape index (κ1) is 87.5. The number of amides is 1. The molecule has 6 aromatic carbocycles. The third-order valence-corrected chi connectivity index (χ3v) is 23.7. The van der Waals surface area contributed by atoms with Crippen LogP contribution in [0, 0.1) is 41.4 Å². The van der Waals surface area contributed by atoms with Gasteiger partial charge in [0.05, 0.1) is 76.8 Å². The zero-order valence-corrected chi connectivity index (χ0v) is 68.9. The Bertz CT molecular complexity index is 3960. The largest absolute Gasteiger partial charge is 0.509 e. The summed E-state index contributed by atoms with van der Waals surface area (Å²) < 4.78 is 119. The quantitative estimate of drug-likeness (QED) is 0.0168. The monoisotopic (exact) mass is 1650 g/mol. The van der Waals surface area contributed by atoms with Crippen LogP contribution in [-0.4, -0.2) is 178 Å². The van der Waals surface area contributed by atoms with Gasteiger partial charge in [0.1, 0.15) is 56.4 Å². The lowest BCUT2D eigenvalue weighted by Crippen LogP contribution is -2.67. The van der Waals surface area contributed by atoms with E-state index in [9.17, 15) is 19.5 Å². The number of aliphatic hydroxyl groups is 1. The molecule has 12 rings (SSSR count). The Hall–Kier alpha value is -6.82. The van der Waals surface area contributed by atoms with Gasteiger partial charge in [-0.05, 0) is 75.1 Å². The molecule has 624 valence electrons. The summed E-state index contributed by atoms with van der Waals surface area (Å²) in [7, 11) is 0. The van der Waals surface area contributed by atoms with Crippen LogP contribution in [0.1, 0.15) is 114 Å². The molecule has 0 saturated carbocycles. The highest BCUT2D eigenvalue weighted by Gasteiger charge is 2.57. The Morgan fingerprint density at radius 1 is 0.426 bits per heavy atom. The molecule has 1 aliphatic carbocycles. The maximum Gasteiger partial charge on any atom is 0.509 e. The number of alkyl halides is 3. The summed E-state index contributed by atoms with van der Waals surface area (Å²) in [5, 5.41) is 15.7. The van der Waals surface area contributed by atoms with Gasteiger partial charge in [0.2, 0.25) is 3.79 Å². The van der Waals surface area contributed by atoms with Crippen molar-refractivity contribution < 1.29 is 105 Å². The van der Waals surface area contributed by atoms with E-state index in [0.717, 1.165) is 44.5 Å². The summed E-state index contributed by atoms with van der Waals surface area (Å²) in [6.45, 7) is 21.2. The highest BCUT2D eigenvalue weighted by Crippen LogP contribution is 2.47. The zero-order valence-electron chi connectivity index (χ0n) is 66.6. The van der Waals surface area contributed by atoms with Crippen molar-refractivity contribution in [1.29, 1.82) is 0 Å². The van der Waals surface area contributed by atoms with E-state index in [1.54, 1.807) is 0 Å². The van der Waals surface area contributed by atoms with E-state index in [-0.39, 0.29) is 101 Å². The van der Waals surface area contributed by atoms with Gasteiger partial charge in [0.15, 0.2) is 43.7 Å². The standard InChI is InChI=1S/C89H110Cl3NO22/c1-11-42-100-87(96)114-77-54(6)52(4)68(12-2)106-83(77)103-50-70-58(10)76(112-84-78(55(7)53(5)69(13-3)107-84)115-88(97)104-47-67-65-40-28-26-38-63(65)64-39-27-29-41-66(64)67)80(101-45-61-34-22-16-23-35-61)85(108-70)111-75-56(8)57(9)81(109-71(75)48-98-43-59-30-18-14-19-31-59)113-79-72(49-99-44-60-32-20-15-21-33-60)110-82(102-46-62-36-24-17-25-37-62)73(74(79)94)93-86(95)105-51-89(90,91)92/h11,14-41,52-58,67-85,94H,1,12-13,42-51H2,2-10H3,(H,93,95)/t52-,53-,54-,55-,56+,57?,58+,68?,69?,70?,71?,72?,73?,74+,75-,76-,77?,78?,79+,80?,81-,82+,83-,84+,85-/m0/s1. The third-order valence-electron chi connectivity index (χ3n) is 23.4. The van der Waals surface area contributed by atoms with E-state index >= 15 is 0 Å². The van der Waals surface area contributed by atoms with Crippen molar-refractivity contribution in [2.45, 2.75) is 222 Å². The van der Waals surface area contributed by atoms with Crippen LogP contribution < -0.4 is 5.32 Å². The van der Waals surface area contributed by atoms with Crippen molar-refractivity contribution in [3.05, 3.63) is 216 Å². The second kappa shape index (κ2) is 41.7. The van der Waals surface area contributed by atoms with Crippen molar-refractivity contribution in [1.82, 2.24) is 5.32 Å². The van der Waals surface area contributed by atoms with Crippen LogP contribution in [0.3, 0.4) is 0 Å². The van der Waals surface area contributed by atoms with Crippen molar-refractivity contribution in [3.8, 4) is 11.1 Å². The van der Waals surface area contributed by atoms with E-state index in [1.807, 2.05) is 194 Å². The minimum atomic E-state index is -1.96. The molecule has 115 heavy (non-hydrogen) atoms. The summed E-state index contributed by atoms with van der Waals surface area (Å²) in [4.78, 5) is 41.8. The fourth-order valence-corrected chi connectivity index (χ4v) is 16.4. The van der Waals surface area contributed by atoms with Crippen LogP contribution in [0.5, 0.6) is 0 Å². The number of carbonyl (C=O) groups excluding carboxylic acids is 3. The SMILES string of the molecule is C=CCOC(=O)OC1[C@@H](OCC2O[C@@H](O[C@@H]3C(COCc4ccccc4)O[C@@H](O[C@@H]4C(COCc5ccccc5)O[C@@H](OCc5ccccc5)C(NC(=O)OCC(Cl)(Cl)Cl)[C@H]4O)C(C)[C@H]3C)C(OCc3ccccc3)[C@@H](O[C@H]3OC(CC)[C@@H](C)[C@H](C)C3OC(=O)OCC3c4ccccc4-c4ccccc43)[C@@H]2C)OC(CC)[C@@H](C)[C@@H]1C. The van der Waals surface area contributed by atoms with Crippen molar-refractivity contribution in [2.24, 2.45) is 41.4 Å². The molecule has 6 aliphatic rings. The molecule has 1 amide bonds. The Kier molecular flexibility index (Phi) is 31.7. The number of benzene rings is 6. The van der Waals surface area contributed by atoms with Crippen LogP contribution >= 0.6 is 34.8 Å². The molecular weight excluding hydrogens is 1540 g/mol. The summed E-state index contributed by atoms with van der Waals surface area (Å²) in [6.07, 6.45) is -17.7. The predicted octanol–water partition coefficient (Wildman–Crippen LogP) is 16.2. The highest BCUT2D eigenvalue weighted by molar-refractivity contribution is 6.67. The van der Waals surface area contributed by atoms with Gasteiger partial charge in [-0.3, -0.25) is 0 Å². The van der Waals surface area contributed by atoms with E-state index in [4.69, 9.17) is 120 Å². The van der Waals surface area contributed by atoms with Crippen molar-refractivity contribution in [3.63, 3.8) is 0 Å². The van der Waals surface area contributed by atoms with Crippen LogP contribution in [-0.2, 0) is 112 Å². The number of alkyl carbamates (subject to hydrolysis) is 1. The first-order valence-corrected chi connectivity index (χ1v) is 41.2. The fraction of sp³-hybridized carbons (Fsp3) is 0.539. The minimum absolute atomic E-state index is 0.0132. The molecule has 5 heterocycles. The van der Waals surface area contributed by atoms with Crippen molar-refractivity contribution >= 4 is 53.2 Å². The Labute approximate surface area is 689 Å². The normalized spacial score (nSPS) is 32.1. The number of aliphatic hydroxyl groups excluding tert-OH is 1. The van der Waals surface area contributed by atoms with Gasteiger partial charge in [0.25, 0.3) is 0 Å². The van der Waals surface area contributed by atoms with Crippen LogP contribution in [0.2, 0.25) is 0 Å². The van der Waals surface area contributed by atoms with Gasteiger partial charge in [-0.2, -0.15) is 0 Å². The number of hydrogen-bond donors (Lipinski definition) is 2. The van der Waals surface area contributed by atoms with Crippen LogP contribution in [0.4, 0.5) is 14.4 Å². The molecule has 0 bridgehead atoms. The van der Waals surface area contributed by atoms with Gasteiger partial charge in [-0.25, -0.2) is 14.4 Å². The van der Waals surface area contributed by atoms with E-state index in [0.29, 0.717) is 12.8 Å². The van der Waals surface area contributed by atoms with E-state index < -0.39 is 145 Å². The highest BCUT2D eigenvalue weighted by atomic mass is 35.6. The van der Waals surface area contributed by atoms with Gasteiger partial charge < -0.3 is 95.7 Å². The van der Waals surface area contributed by atoms with E-state index in [2.05, 4.69) is 50.0 Å². The molecule has 0 radical (unpaired) electrons. The van der Waals surface area contributed by atoms with Gasteiger partial charge in [-0.15, -0.1) is 0 Å². The second-order valence-electron chi connectivity index (χ2n) is 30.9. The molecule has 10 unspecified atom stereocenters. The fourth-order valence-electron chi connectivity index (χ4n) is 16.3. The first-order chi connectivity index (χ1) is 55.6. The molecule has 0 aromatic heterocycles. The third kappa shape index (κ3) is 22.6. The number of hydrogen-bond acceptors (Lipinski definition) is 22. The molecule has 26 heteroatoms. The number of nitrogens with one attached hydrogen (secondary N) is 1. The summed E-state index contributed by atoms with van der Waals surface area (Å²) >= 11 is 18.2. The van der Waals surface area contributed by atoms with Crippen LogP contribution in [0.25, 0.3) is 11.1 Å². The number of carbonyl (C=O) groups is 3. The van der Waals surface area contributed by atoms with E-state index in [1.165, 1.54) is 6.08 Å². The molecule has 5 fully saturated rings. The smallest absolute Gasteiger partial charge is 0.445 e. The lowest BCUT2D eigenvalue weighted by molar-refractivity contribution is -0.380. The lowest BCUT2D eigenvalue weighted by atomic mass is 9.82. The molecule has 6 aromatic rings. The molecule has 25 atom stereocenters. The number of fused-ring (bicyclic) bond motifs is 3. The summed E-state index contributed by atoms with van der Waals surface area (Å²) in [6, 6.07) is 53.2. The number of rotatable bonds is 33. The molecule has 5 saturated heterocycles. The predicted molar refractivity (Wildman–Crippen MR) is 428 cm³/mol. The number of ether oxygens (including phenoxy) is 18. The lowest BCUT2D eigenvalue weighted by Gasteiger charge is -2.52. The topological polar surface area (TPSA) is 250 Å². The second-order valence-corrected chi connectivity index (χ2v) is 33.4. The summed E-state index contributed by atoms with van der Waals surface area (Å²) in [5.74, 6) is -2.75. The molecule has 23 nitrogen and oxygen atoms in total. The summed E-state index contributed by atoms with van der Waals surface area (Å²) in [5.41, 5.74) is 7.64. The Morgan fingerprint density at radius 3 is 1.40 bits per heavy atom. The Morgan fingerprint density at radius 2 is 0.861 bits per heavy atom. The Balaban J connectivity index is 0.890. The average molecular weight is 1650 g/mol. The molecule has 5 aliphatic heterocycles. The first-order valence-electron chi connectivity index (χ1n) is 40.1. The molecular formula is C89H110Cl3NO22. The van der Waals surface area contributed by atoms with Gasteiger partial charge in [0, 0.05) is 29.6 Å². The minimum Gasteiger partial charge on any atom is -0.445 e. The maximum atomic E-state index is 14.6. The number of halogens is 3.